The van der Waals surface area contributed by atoms with Gasteiger partial charge in [0.25, 0.3) is 0 Å². The average Bonchev–Trinajstić information content (AvgIpc) is 3.27. The van der Waals surface area contributed by atoms with Gasteiger partial charge < -0.3 is 10.2 Å². The Bertz CT molecular complexity index is 1660. The summed E-state index contributed by atoms with van der Waals surface area (Å²) >= 11 is 0. The van der Waals surface area contributed by atoms with Crippen molar-refractivity contribution in [2.75, 3.05) is 0 Å². The third-order valence-electron chi connectivity index (χ3n) is 6.33. The highest BCUT2D eigenvalue weighted by atomic mass is 16.3. The predicted molar refractivity (Wildman–Crippen MR) is 141 cm³/mol. The lowest BCUT2D eigenvalue weighted by Gasteiger charge is -2.11. The van der Waals surface area contributed by atoms with Gasteiger partial charge in [-0.05, 0) is 51.6 Å². The smallest absolute Gasteiger partial charge is 0.136 e. The second kappa shape index (κ2) is 8.05. The average molecular weight is 439 g/mol. The van der Waals surface area contributed by atoms with Crippen LogP contribution in [0.15, 0.2) is 120 Å². The van der Waals surface area contributed by atoms with Crippen LogP contribution in [0.25, 0.3) is 55.3 Å². The molecule has 6 rings (SSSR count). The van der Waals surface area contributed by atoms with Crippen molar-refractivity contribution in [3.05, 3.63) is 121 Å². The second-order valence-corrected chi connectivity index (χ2v) is 8.39. The minimum absolute atomic E-state index is 0.0418. The first-order valence-electron chi connectivity index (χ1n) is 11.2. The second-order valence-electron chi connectivity index (χ2n) is 8.39. The molecule has 0 aliphatic carbocycles. The molecule has 1 heterocycles. The van der Waals surface area contributed by atoms with Crippen LogP contribution in [0.1, 0.15) is 5.56 Å². The highest BCUT2D eigenvalue weighted by Crippen LogP contribution is 2.36. The van der Waals surface area contributed by atoms with Crippen LogP contribution < -0.4 is 5.73 Å². The highest BCUT2D eigenvalue weighted by molar-refractivity contribution is 6.17. The van der Waals surface area contributed by atoms with E-state index < -0.39 is 0 Å². The summed E-state index contributed by atoms with van der Waals surface area (Å²) < 4.78 is 6.01. The van der Waals surface area contributed by atoms with Crippen LogP contribution in [-0.2, 0) is 0 Å². The van der Waals surface area contributed by atoms with Gasteiger partial charge in [0.15, 0.2) is 0 Å². The fourth-order valence-electron chi connectivity index (χ4n) is 4.68. The van der Waals surface area contributed by atoms with Crippen molar-refractivity contribution >= 4 is 27.8 Å². The molecule has 0 aliphatic rings. The first kappa shape index (κ1) is 20.0. The number of fused-ring (bicyclic) bond motifs is 3. The lowest BCUT2D eigenvalue weighted by atomic mass is 9.93. The number of hydrogen-bond acceptors (Lipinski definition) is 2. The SMILES string of the molecule is N=C(N)c1cccc2oc3ccc(-c4ccc(-c5ccccc5-c5ccccc5)cc4)cc3c12. The summed E-state index contributed by atoms with van der Waals surface area (Å²) in [5, 5.41) is 9.83. The number of nitrogens with two attached hydrogens (primary N) is 1. The Hall–Kier alpha value is -4.63. The molecule has 0 bridgehead atoms. The summed E-state index contributed by atoms with van der Waals surface area (Å²) in [5.74, 6) is 0.0418. The lowest BCUT2D eigenvalue weighted by Crippen LogP contribution is -2.11. The minimum Gasteiger partial charge on any atom is -0.456 e. The van der Waals surface area contributed by atoms with Crippen LogP contribution in [-0.4, -0.2) is 5.84 Å². The summed E-state index contributed by atoms with van der Waals surface area (Å²) in [6, 6.07) is 39.5. The molecule has 0 amide bonds. The summed E-state index contributed by atoms with van der Waals surface area (Å²) in [4.78, 5) is 0. The van der Waals surface area contributed by atoms with E-state index in [1.807, 2.05) is 30.3 Å². The molecule has 6 aromatic rings. The molecule has 0 spiro atoms. The van der Waals surface area contributed by atoms with E-state index in [1.165, 1.54) is 22.3 Å². The molecule has 5 aromatic carbocycles. The summed E-state index contributed by atoms with van der Waals surface area (Å²) in [6.45, 7) is 0. The molecule has 0 aliphatic heterocycles. The number of nitrogen functional groups attached to an aromatic ring is 1. The van der Waals surface area contributed by atoms with Crippen LogP contribution in [0, 0.1) is 5.41 Å². The van der Waals surface area contributed by atoms with Gasteiger partial charge in [-0.15, -0.1) is 0 Å². The van der Waals surface area contributed by atoms with Crippen LogP contribution in [0.3, 0.4) is 0 Å². The number of rotatable bonds is 4. The molecule has 0 atom stereocenters. The van der Waals surface area contributed by atoms with E-state index in [9.17, 15) is 0 Å². The Morgan fingerprint density at radius 3 is 1.88 bits per heavy atom. The molecule has 3 nitrogen and oxygen atoms in total. The van der Waals surface area contributed by atoms with E-state index in [0.29, 0.717) is 5.56 Å². The van der Waals surface area contributed by atoms with Crippen molar-refractivity contribution in [1.29, 1.82) is 5.41 Å². The Morgan fingerprint density at radius 1 is 0.559 bits per heavy atom. The normalized spacial score (nSPS) is 11.2. The van der Waals surface area contributed by atoms with E-state index >= 15 is 0 Å². The van der Waals surface area contributed by atoms with E-state index in [1.54, 1.807) is 0 Å². The molecule has 0 saturated carbocycles. The Labute approximate surface area is 197 Å². The van der Waals surface area contributed by atoms with E-state index in [4.69, 9.17) is 15.6 Å². The standard InChI is InChI=1S/C31H22N2O/c32-31(33)26-11-6-12-29-30(26)27-19-23(17-18-28(27)34-29)20-13-15-22(16-14-20)25-10-5-4-9-24(25)21-7-2-1-3-8-21/h1-19H,(H3,32,33). The third-order valence-corrected chi connectivity index (χ3v) is 6.33. The fraction of sp³-hybridized carbons (Fsp3) is 0. The number of furan rings is 1. The van der Waals surface area contributed by atoms with Crippen molar-refractivity contribution < 1.29 is 4.42 Å². The van der Waals surface area contributed by atoms with Crippen LogP contribution in [0.5, 0.6) is 0 Å². The zero-order valence-electron chi connectivity index (χ0n) is 18.5. The van der Waals surface area contributed by atoms with Gasteiger partial charge in [-0.2, -0.15) is 0 Å². The first-order chi connectivity index (χ1) is 16.7. The molecule has 3 heteroatoms. The van der Waals surface area contributed by atoms with Gasteiger partial charge in [-0.25, -0.2) is 0 Å². The van der Waals surface area contributed by atoms with Gasteiger partial charge in [-0.3, -0.25) is 5.41 Å². The van der Waals surface area contributed by atoms with Crippen molar-refractivity contribution in [1.82, 2.24) is 0 Å². The lowest BCUT2D eigenvalue weighted by molar-refractivity contribution is 0.669. The molecule has 0 saturated heterocycles. The number of amidine groups is 1. The van der Waals surface area contributed by atoms with Crippen molar-refractivity contribution in [3.63, 3.8) is 0 Å². The zero-order valence-corrected chi connectivity index (χ0v) is 18.5. The number of benzene rings is 5. The topological polar surface area (TPSA) is 63.0 Å². The van der Waals surface area contributed by atoms with E-state index in [-0.39, 0.29) is 5.84 Å². The minimum atomic E-state index is 0.0418. The molecule has 0 unspecified atom stereocenters. The fourth-order valence-corrected chi connectivity index (χ4v) is 4.68. The Balaban J connectivity index is 1.43. The predicted octanol–water partition coefficient (Wildman–Crippen LogP) is 7.87. The molecule has 1 aromatic heterocycles. The molecule has 34 heavy (non-hydrogen) atoms. The summed E-state index contributed by atoms with van der Waals surface area (Å²) in [6.07, 6.45) is 0. The molecular weight excluding hydrogens is 416 g/mol. The molecule has 0 radical (unpaired) electrons. The molecule has 0 fully saturated rings. The largest absolute Gasteiger partial charge is 0.456 e. The quantitative estimate of drug-likeness (QED) is 0.217. The highest BCUT2D eigenvalue weighted by Gasteiger charge is 2.14. The zero-order chi connectivity index (χ0) is 23.1. The van der Waals surface area contributed by atoms with Crippen LogP contribution in [0.4, 0.5) is 0 Å². The van der Waals surface area contributed by atoms with Gasteiger partial charge in [0.2, 0.25) is 0 Å². The van der Waals surface area contributed by atoms with E-state index in [2.05, 4.69) is 84.9 Å². The Kier molecular flexibility index (Phi) is 4.74. The summed E-state index contributed by atoms with van der Waals surface area (Å²) in [5.41, 5.74) is 15.1. The third kappa shape index (κ3) is 3.35. The van der Waals surface area contributed by atoms with Gasteiger partial charge >= 0.3 is 0 Å². The van der Waals surface area contributed by atoms with Crippen molar-refractivity contribution in [3.8, 4) is 33.4 Å². The van der Waals surface area contributed by atoms with Crippen molar-refractivity contribution in [2.24, 2.45) is 5.73 Å². The van der Waals surface area contributed by atoms with Crippen LogP contribution in [0.2, 0.25) is 0 Å². The molecular formula is C31H22N2O. The Morgan fingerprint density at radius 2 is 1.18 bits per heavy atom. The van der Waals surface area contributed by atoms with Gasteiger partial charge in [0.1, 0.15) is 17.0 Å². The van der Waals surface area contributed by atoms with Crippen LogP contribution >= 0.6 is 0 Å². The van der Waals surface area contributed by atoms with Gasteiger partial charge in [-0.1, -0.05) is 97.1 Å². The van der Waals surface area contributed by atoms with Gasteiger partial charge in [0, 0.05) is 16.3 Å². The molecule has 162 valence electrons. The maximum Gasteiger partial charge on any atom is 0.136 e. The van der Waals surface area contributed by atoms with Gasteiger partial charge in [0.05, 0.1) is 0 Å². The molecule has 3 N–H and O–H groups in total. The number of hydrogen-bond donors (Lipinski definition) is 2. The maximum absolute atomic E-state index is 7.97. The monoisotopic (exact) mass is 438 g/mol. The first-order valence-corrected chi connectivity index (χ1v) is 11.2. The van der Waals surface area contributed by atoms with Crippen molar-refractivity contribution in [2.45, 2.75) is 0 Å². The van der Waals surface area contributed by atoms with E-state index in [0.717, 1.165) is 33.1 Å². The summed E-state index contributed by atoms with van der Waals surface area (Å²) in [7, 11) is 0. The number of nitrogens with one attached hydrogen (secondary N) is 1. The maximum atomic E-state index is 7.97.